The number of phosphoric ester groups is 1. The smallest absolute Gasteiger partial charge is 0.463 e. The van der Waals surface area contributed by atoms with E-state index in [2.05, 4.69) is 28.5 Å². The van der Waals surface area contributed by atoms with Gasteiger partial charge in [-0.1, -0.05) is 70.4 Å². The van der Waals surface area contributed by atoms with Gasteiger partial charge in [-0.05, 0) is 32.1 Å². The van der Waals surface area contributed by atoms with Crippen molar-refractivity contribution < 1.29 is 53.9 Å². The van der Waals surface area contributed by atoms with Crippen LogP contribution in [-0.4, -0.2) is 75.0 Å². The Morgan fingerprint density at radius 1 is 0.833 bits per heavy atom. The molecule has 0 aromatic rings. The summed E-state index contributed by atoms with van der Waals surface area (Å²) in [4.78, 5) is 31.5. The first-order chi connectivity index (χ1) is 17.2. The molecule has 0 rings (SSSR count). The Balaban J connectivity index is 0. The highest BCUT2D eigenvalue weighted by molar-refractivity contribution is 7.46. The fourth-order valence-electron chi connectivity index (χ4n) is 2.95. The van der Waals surface area contributed by atoms with E-state index >= 15 is 0 Å². The number of esters is 1. The second-order valence-electron chi connectivity index (χ2n) is 8.55. The molecule has 0 aromatic heterocycles. The number of ether oxygens (including phenoxy) is 1. The summed E-state index contributed by atoms with van der Waals surface area (Å²) in [6.07, 6.45) is 18.8. The molecule has 0 heterocycles. The lowest BCUT2D eigenvalue weighted by Gasteiger charge is -2.10. The molecule has 0 saturated carbocycles. The van der Waals surface area contributed by atoms with Crippen LogP contribution in [0, 0.1) is 0 Å². The number of hydrogen-bond acceptors (Lipinski definition) is 9. The highest BCUT2D eigenvalue weighted by Crippen LogP contribution is 2.35. The van der Waals surface area contributed by atoms with E-state index in [-0.39, 0.29) is 19.2 Å². The van der Waals surface area contributed by atoms with E-state index in [1.807, 2.05) is 0 Å². The van der Waals surface area contributed by atoms with Crippen molar-refractivity contribution in [2.75, 3.05) is 26.4 Å². The number of carbonyl (C=O) groups excluding carboxylic acids is 1. The van der Waals surface area contributed by atoms with Crippen molar-refractivity contribution in [3.63, 3.8) is 0 Å². The maximum Gasteiger partial charge on any atom is 0.469 e. The lowest BCUT2D eigenvalue weighted by atomic mass is 10.1. The molecule has 11 nitrogen and oxygen atoms in total. The molecule has 36 heavy (non-hydrogen) atoms. The summed E-state index contributed by atoms with van der Waals surface area (Å²) >= 11 is 0. The third-order valence-electron chi connectivity index (χ3n) is 5.07. The van der Waals surface area contributed by atoms with Crippen LogP contribution in [0.5, 0.6) is 0 Å². The molecular formula is C24H49O11P. The second-order valence-corrected chi connectivity index (χ2v) is 9.79. The van der Waals surface area contributed by atoms with Gasteiger partial charge in [0.15, 0.2) is 0 Å². The summed E-state index contributed by atoms with van der Waals surface area (Å²) < 4.78 is 18.7. The molecule has 0 fully saturated rings. The second kappa shape index (κ2) is 27.2. The molecule has 0 bridgehead atoms. The number of carbonyl (C=O) groups is 1. The van der Waals surface area contributed by atoms with Gasteiger partial charge in [0, 0.05) is 6.42 Å². The monoisotopic (exact) mass is 544 g/mol. The van der Waals surface area contributed by atoms with Crippen molar-refractivity contribution in [2.24, 2.45) is 0 Å². The molecule has 6 N–H and O–H groups in total. The highest BCUT2D eigenvalue weighted by Gasteiger charge is 2.15. The van der Waals surface area contributed by atoms with Crippen LogP contribution in [-0.2, 0) is 23.5 Å². The summed E-state index contributed by atoms with van der Waals surface area (Å²) in [5, 5.41) is 33.8. The molecular weight excluding hydrogens is 495 g/mol. The van der Waals surface area contributed by atoms with Gasteiger partial charge in [-0.15, -0.1) is 0 Å². The van der Waals surface area contributed by atoms with Crippen molar-refractivity contribution in [2.45, 2.75) is 109 Å². The first kappa shape index (κ1) is 37.3. The molecule has 2 atom stereocenters. The maximum absolute atomic E-state index is 11.5. The van der Waals surface area contributed by atoms with Crippen LogP contribution in [0.3, 0.4) is 0 Å². The SMILES string of the molecule is CCCCCCCC/C=C\CCCCCCCC(=O)OCC(CO)OO.O=P(O)(O)OCC(O)CO. The first-order valence-electron chi connectivity index (χ1n) is 12.9. The number of phosphoric acid groups is 1. The molecule has 0 radical (unpaired) electrons. The zero-order valence-electron chi connectivity index (χ0n) is 21.7. The average molecular weight is 545 g/mol. The number of rotatable bonds is 23. The van der Waals surface area contributed by atoms with Crippen molar-refractivity contribution in [3.05, 3.63) is 12.2 Å². The standard InChI is InChI=1S/C21H40O5.C3H9O6P/c1-2-3-4-5-6-7-8-9-10-11-12-13-14-15-16-17-21(23)25-19-20(18-22)26-24;4-1-3(5)2-9-10(6,7)8/h9-10,20,22,24H,2-8,11-19H2,1H3;3-5H,1-2H2,(H2,6,7,8)/b10-9-;. The van der Waals surface area contributed by atoms with E-state index in [1.165, 1.54) is 57.8 Å². The van der Waals surface area contributed by atoms with Crippen LogP contribution in [0.1, 0.15) is 96.8 Å². The summed E-state index contributed by atoms with van der Waals surface area (Å²) in [5.41, 5.74) is 0. The predicted molar refractivity (Wildman–Crippen MR) is 136 cm³/mol. The minimum Gasteiger partial charge on any atom is -0.463 e. The molecule has 0 saturated heterocycles. The van der Waals surface area contributed by atoms with E-state index in [0.717, 1.165) is 25.7 Å². The lowest BCUT2D eigenvalue weighted by Crippen LogP contribution is -2.24. The Bertz CT molecular complexity index is 550. The number of hydrogen-bond donors (Lipinski definition) is 6. The molecule has 0 aliphatic rings. The first-order valence-corrected chi connectivity index (χ1v) is 14.4. The van der Waals surface area contributed by atoms with Gasteiger partial charge in [-0.2, -0.15) is 0 Å². The van der Waals surface area contributed by atoms with Gasteiger partial charge in [0.05, 0.1) is 19.8 Å². The fourth-order valence-corrected chi connectivity index (χ4v) is 3.32. The van der Waals surface area contributed by atoms with Gasteiger partial charge in [-0.25, -0.2) is 9.45 Å². The summed E-state index contributed by atoms with van der Waals surface area (Å²) in [6, 6.07) is 0. The van der Waals surface area contributed by atoms with Crippen molar-refractivity contribution in [1.82, 2.24) is 0 Å². The van der Waals surface area contributed by atoms with Gasteiger partial charge in [0.2, 0.25) is 0 Å². The van der Waals surface area contributed by atoms with Crippen molar-refractivity contribution in [3.8, 4) is 0 Å². The van der Waals surface area contributed by atoms with Gasteiger partial charge in [0.25, 0.3) is 0 Å². The van der Waals surface area contributed by atoms with Crippen molar-refractivity contribution in [1.29, 1.82) is 0 Å². The maximum atomic E-state index is 11.5. The van der Waals surface area contributed by atoms with Gasteiger partial charge < -0.3 is 29.8 Å². The number of allylic oxidation sites excluding steroid dienone is 2. The number of unbranched alkanes of at least 4 members (excludes halogenated alkanes) is 11. The third-order valence-corrected chi connectivity index (χ3v) is 5.56. The molecule has 0 aliphatic carbocycles. The molecule has 0 spiro atoms. The lowest BCUT2D eigenvalue weighted by molar-refractivity contribution is -0.291. The average Bonchev–Trinajstić information content (AvgIpc) is 2.85. The van der Waals surface area contributed by atoms with Gasteiger partial charge in [-0.3, -0.25) is 14.6 Å². The van der Waals surface area contributed by atoms with E-state index in [9.17, 15) is 9.36 Å². The Morgan fingerprint density at radius 3 is 1.83 bits per heavy atom. The van der Waals surface area contributed by atoms with E-state index < -0.39 is 33.2 Å². The van der Waals surface area contributed by atoms with Crippen LogP contribution in [0.15, 0.2) is 12.2 Å². The summed E-state index contributed by atoms with van der Waals surface area (Å²) in [5.74, 6) is -0.307. The van der Waals surface area contributed by atoms with Gasteiger partial charge >= 0.3 is 13.8 Å². The van der Waals surface area contributed by atoms with Gasteiger partial charge in [0.1, 0.15) is 18.8 Å². The molecule has 0 aliphatic heterocycles. The quantitative estimate of drug-likeness (QED) is 0.0274. The number of aliphatic hydroxyl groups is 3. The minimum absolute atomic E-state index is 0.114. The Kier molecular flexibility index (Phi) is 28.1. The minimum atomic E-state index is -4.50. The Morgan fingerprint density at radius 2 is 1.36 bits per heavy atom. The third kappa shape index (κ3) is 31.2. The topological polar surface area (TPSA) is 183 Å². The van der Waals surface area contributed by atoms with Crippen LogP contribution >= 0.6 is 7.82 Å². The zero-order chi connectivity index (χ0) is 27.5. The van der Waals surface area contributed by atoms with E-state index in [0.29, 0.717) is 6.42 Å². The highest BCUT2D eigenvalue weighted by atomic mass is 31.2. The fraction of sp³-hybridized carbons (Fsp3) is 0.875. The molecule has 0 amide bonds. The van der Waals surface area contributed by atoms with E-state index in [4.69, 9.17) is 35.1 Å². The summed E-state index contributed by atoms with van der Waals surface area (Å²) in [7, 11) is -4.50. The largest absolute Gasteiger partial charge is 0.469 e. The Labute approximate surface area is 215 Å². The van der Waals surface area contributed by atoms with Crippen LogP contribution in [0.25, 0.3) is 0 Å². The summed E-state index contributed by atoms with van der Waals surface area (Å²) in [6.45, 7) is 0.607. The van der Waals surface area contributed by atoms with Crippen LogP contribution in [0.2, 0.25) is 0 Å². The Hall–Kier alpha value is -0.880. The normalized spacial score (nSPS) is 13.3. The number of aliphatic hydroxyl groups excluding tert-OH is 3. The van der Waals surface area contributed by atoms with Crippen LogP contribution in [0.4, 0.5) is 0 Å². The molecule has 216 valence electrons. The molecule has 2 unspecified atom stereocenters. The van der Waals surface area contributed by atoms with E-state index in [1.54, 1.807) is 0 Å². The molecule has 12 heteroatoms. The molecule has 0 aromatic carbocycles. The predicted octanol–water partition coefficient (Wildman–Crippen LogP) is 3.87. The zero-order valence-corrected chi connectivity index (χ0v) is 22.6. The van der Waals surface area contributed by atoms with Crippen molar-refractivity contribution >= 4 is 13.8 Å². The van der Waals surface area contributed by atoms with Crippen LogP contribution < -0.4 is 0 Å².